The number of aromatic nitrogens is 1. The molecule has 0 unspecified atom stereocenters. The van der Waals surface area contributed by atoms with Crippen molar-refractivity contribution in [2.24, 2.45) is 0 Å². The molecule has 0 radical (unpaired) electrons. The maximum atomic E-state index is 11.7. The molecule has 4 heteroatoms. The molecule has 0 aliphatic heterocycles. The van der Waals surface area contributed by atoms with Gasteiger partial charge in [0, 0.05) is 0 Å². The van der Waals surface area contributed by atoms with Crippen LogP contribution in [0.15, 0.2) is 42.0 Å². The van der Waals surface area contributed by atoms with Crippen molar-refractivity contribution in [2.75, 3.05) is 0 Å². The summed E-state index contributed by atoms with van der Waals surface area (Å²) in [6, 6.07) is 9.89. The van der Waals surface area contributed by atoms with Crippen molar-refractivity contribution in [3.63, 3.8) is 0 Å². The van der Waals surface area contributed by atoms with E-state index in [-0.39, 0.29) is 11.9 Å². The molecule has 82 valence electrons. The first-order chi connectivity index (χ1) is 7.77. The normalized spacial score (nSPS) is 12.1. The van der Waals surface area contributed by atoms with E-state index in [1.165, 1.54) is 11.3 Å². The summed E-state index contributed by atoms with van der Waals surface area (Å²) in [5.74, 6) is -0.0705. The minimum absolute atomic E-state index is 0.01000. The van der Waals surface area contributed by atoms with E-state index in [1.54, 1.807) is 11.7 Å². The van der Waals surface area contributed by atoms with Gasteiger partial charge in [0.25, 0.3) is 5.91 Å². The van der Waals surface area contributed by atoms with Crippen LogP contribution in [-0.4, -0.2) is 10.9 Å². The van der Waals surface area contributed by atoms with Crippen molar-refractivity contribution < 1.29 is 4.79 Å². The Labute approximate surface area is 98.2 Å². The lowest BCUT2D eigenvalue weighted by atomic mass is 10.1. The summed E-state index contributed by atoms with van der Waals surface area (Å²) < 4.78 is 0. The summed E-state index contributed by atoms with van der Waals surface area (Å²) in [4.78, 5) is 16.3. The van der Waals surface area contributed by atoms with E-state index in [4.69, 9.17) is 0 Å². The Morgan fingerprint density at radius 2 is 2.12 bits per heavy atom. The number of amides is 1. The average Bonchev–Trinajstić information content (AvgIpc) is 2.83. The predicted molar refractivity (Wildman–Crippen MR) is 64.4 cm³/mol. The zero-order valence-electron chi connectivity index (χ0n) is 8.88. The van der Waals surface area contributed by atoms with Crippen molar-refractivity contribution in [3.8, 4) is 0 Å². The molecule has 0 spiro atoms. The van der Waals surface area contributed by atoms with Crippen LogP contribution in [0.1, 0.15) is 28.2 Å². The van der Waals surface area contributed by atoms with Crippen molar-refractivity contribution >= 4 is 17.2 Å². The molecule has 0 bridgehead atoms. The van der Waals surface area contributed by atoms with Gasteiger partial charge in [-0.2, -0.15) is 0 Å². The lowest BCUT2D eigenvalue weighted by molar-refractivity contribution is 0.0944. The molecule has 1 aromatic heterocycles. The molecule has 1 aromatic carbocycles. The van der Waals surface area contributed by atoms with Gasteiger partial charge in [0.2, 0.25) is 0 Å². The first-order valence-corrected chi connectivity index (χ1v) is 5.89. The van der Waals surface area contributed by atoms with Gasteiger partial charge in [0.1, 0.15) is 4.88 Å². The van der Waals surface area contributed by atoms with Crippen LogP contribution >= 0.6 is 11.3 Å². The highest BCUT2D eigenvalue weighted by Crippen LogP contribution is 2.13. The van der Waals surface area contributed by atoms with Gasteiger partial charge >= 0.3 is 0 Å². The lowest BCUT2D eigenvalue weighted by Gasteiger charge is -2.13. The second-order valence-electron chi connectivity index (χ2n) is 3.47. The second kappa shape index (κ2) is 4.90. The number of nitrogens with one attached hydrogen (secondary N) is 1. The molecule has 1 amide bonds. The van der Waals surface area contributed by atoms with Crippen molar-refractivity contribution in [3.05, 3.63) is 52.5 Å². The topological polar surface area (TPSA) is 42.0 Å². The zero-order chi connectivity index (χ0) is 11.4. The van der Waals surface area contributed by atoms with E-state index in [0.29, 0.717) is 4.88 Å². The Kier molecular flexibility index (Phi) is 3.31. The largest absolute Gasteiger partial charge is 0.345 e. The number of benzene rings is 1. The van der Waals surface area contributed by atoms with E-state index in [9.17, 15) is 4.79 Å². The number of thiazole rings is 1. The third-order valence-corrected chi connectivity index (χ3v) is 3.08. The minimum Gasteiger partial charge on any atom is -0.345 e. The molecule has 0 fully saturated rings. The molecule has 1 atom stereocenters. The second-order valence-corrected chi connectivity index (χ2v) is 4.36. The molecule has 0 saturated heterocycles. The van der Waals surface area contributed by atoms with Crippen LogP contribution in [0.25, 0.3) is 0 Å². The molecular weight excluding hydrogens is 220 g/mol. The minimum atomic E-state index is -0.0705. The average molecular weight is 232 g/mol. The standard InChI is InChI=1S/C12H12N2OS/c1-9(10-5-3-2-4-6-10)14-12(15)11-7-13-8-16-11/h2-9H,1H3,(H,14,15)/t9-/m1/s1. The van der Waals surface area contributed by atoms with Crippen molar-refractivity contribution in [2.45, 2.75) is 13.0 Å². The fourth-order valence-electron chi connectivity index (χ4n) is 1.42. The summed E-state index contributed by atoms with van der Waals surface area (Å²) in [6.07, 6.45) is 1.58. The first-order valence-electron chi connectivity index (χ1n) is 5.01. The maximum Gasteiger partial charge on any atom is 0.263 e. The third-order valence-electron chi connectivity index (χ3n) is 2.30. The quantitative estimate of drug-likeness (QED) is 0.884. The number of rotatable bonds is 3. The maximum absolute atomic E-state index is 11.7. The van der Waals surface area contributed by atoms with E-state index in [0.717, 1.165) is 5.56 Å². The van der Waals surface area contributed by atoms with Gasteiger partial charge in [0.15, 0.2) is 0 Å². The van der Waals surface area contributed by atoms with Crippen LogP contribution in [0.4, 0.5) is 0 Å². The van der Waals surface area contributed by atoms with Crippen LogP contribution in [0.2, 0.25) is 0 Å². The van der Waals surface area contributed by atoms with Gasteiger partial charge in [-0.25, -0.2) is 0 Å². The Morgan fingerprint density at radius 1 is 1.38 bits per heavy atom. The van der Waals surface area contributed by atoms with Gasteiger partial charge in [0.05, 0.1) is 17.7 Å². The Hall–Kier alpha value is -1.68. The zero-order valence-corrected chi connectivity index (χ0v) is 9.70. The molecule has 2 rings (SSSR count). The number of carbonyl (C=O) groups excluding carboxylic acids is 1. The van der Waals surface area contributed by atoms with Crippen molar-refractivity contribution in [1.82, 2.24) is 10.3 Å². The summed E-state index contributed by atoms with van der Waals surface area (Å²) >= 11 is 1.35. The number of carbonyl (C=O) groups is 1. The van der Waals surface area contributed by atoms with E-state index >= 15 is 0 Å². The van der Waals surface area contributed by atoms with Gasteiger partial charge < -0.3 is 5.32 Å². The Bertz CT molecular complexity index is 453. The van der Waals surface area contributed by atoms with E-state index in [1.807, 2.05) is 37.3 Å². The number of nitrogens with zero attached hydrogens (tertiary/aromatic N) is 1. The molecule has 0 saturated carbocycles. The van der Waals surface area contributed by atoms with E-state index in [2.05, 4.69) is 10.3 Å². The van der Waals surface area contributed by atoms with E-state index < -0.39 is 0 Å². The fraction of sp³-hybridized carbons (Fsp3) is 0.167. The third kappa shape index (κ3) is 2.46. The van der Waals surface area contributed by atoms with Crippen LogP contribution < -0.4 is 5.32 Å². The number of hydrogen-bond acceptors (Lipinski definition) is 3. The molecular formula is C12H12N2OS. The molecule has 0 aliphatic carbocycles. The molecule has 1 heterocycles. The SMILES string of the molecule is C[C@@H](NC(=O)c1cncs1)c1ccccc1. The smallest absolute Gasteiger partial charge is 0.263 e. The molecule has 2 aromatic rings. The first kappa shape index (κ1) is 10.8. The van der Waals surface area contributed by atoms with Gasteiger partial charge in [-0.15, -0.1) is 11.3 Å². The monoisotopic (exact) mass is 232 g/mol. The highest BCUT2D eigenvalue weighted by Gasteiger charge is 2.11. The van der Waals surface area contributed by atoms with Crippen LogP contribution in [0, 0.1) is 0 Å². The van der Waals surface area contributed by atoms with Gasteiger partial charge in [-0.3, -0.25) is 9.78 Å². The van der Waals surface area contributed by atoms with Crippen LogP contribution in [0.3, 0.4) is 0 Å². The van der Waals surface area contributed by atoms with Gasteiger partial charge in [-0.05, 0) is 12.5 Å². The summed E-state index contributed by atoms with van der Waals surface area (Å²) in [5.41, 5.74) is 2.75. The lowest BCUT2D eigenvalue weighted by Crippen LogP contribution is -2.25. The molecule has 1 N–H and O–H groups in total. The highest BCUT2D eigenvalue weighted by atomic mass is 32.1. The molecule has 16 heavy (non-hydrogen) atoms. The summed E-state index contributed by atoms with van der Waals surface area (Å²) in [5, 5.41) is 2.93. The Balaban J connectivity index is 2.03. The molecule has 0 aliphatic rings. The van der Waals surface area contributed by atoms with Crippen LogP contribution in [0.5, 0.6) is 0 Å². The summed E-state index contributed by atoms with van der Waals surface area (Å²) in [7, 11) is 0. The van der Waals surface area contributed by atoms with Crippen molar-refractivity contribution in [1.29, 1.82) is 0 Å². The molecule has 3 nitrogen and oxygen atoms in total. The summed E-state index contributed by atoms with van der Waals surface area (Å²) in [6.45, 7) is 1.97. The predicted octanol–water partition coefficient (Wildman–Crippen LogP) is 2.63. The van der Waals surface area contributed by atoms with Crippen LogP contribution in [-0.2, 0) is 0 Å². The van der Waals surface area contributed by atoms with Gasteiger partial charge in [-0.1, -0.05) is 30.3 Å². The Morgan fingerprint density at radius 3 is 2.75 bits per heavy atom. The number of hydrogen-bond donors (Lipinski definition) is 1. The fourth-order valence-corrected chi connectivity index (χ4v) is 1.94. The highest BCUT2D eigenvalue weighted by molar-refractivity contribution is 7.11.